The largest absolute Gasteiger partial charge is 0.368 e. The number of hydrogen-bond acceptors (Lipinski definition) is 3. The first-order valence-corrected chi connectivity index (χ1v) is 9.67. The maximum absolute atomic E-state index is 13.8. The molecule has 0 unspecified atom stereocenters. The summed E-state index contributed by atoms with van der Waals surface area (Å²) in [7, 11) is 0. The normalized spacial score (nSPS) is 14.6. The van der Waals surface area contributed by atoms with Crippen molar-refractivity contribution in [1.29, 1.82) is 0 Å². The smallest absolute Gasteiger partial charge is 0.219 e. The number of aromatic nitrogens is 1. The molecule has 6 heteroatoms. The van der Waals surface area contributed by atoms with Crippen LogP contribution in [0.5, 0.6) is 0 Å². The molecule has 0 N–H and O–H groups in total. The van der Waals surface area contributed by atoms with Gasteiger partial charge in [-0.05, 0) is 48.9 Å². The van der Waals surface area contributed by atoms with Crippen LogP contribution in [-0.4, -0.2) is 42.0 Å². The van der Waals surface area contributed by atoms with Crippen LogP contribution in [0.15, 0.2) is 42.5 Å². The van der Waals surface area contributed by atoms with Gasteiger partial charge in [0.2, 0.25) is 5.91 Å². The van der Waals surface area contributed by atoms with Crippen molar-refractivity contribution < 1.29 is 9.18 Å². The van der Waals surface area contributed by atoms with Crippen molar-refractivity contribution in [3.63, 3.8) is 0 Å². The van der Waals surface area contributed by atoms with E-state index in [1.54, 1.807) is 19.1 Å². The molecule has 4 nitrogen and oxygen atoms in total. The number of aryl methyl sites for hydroxylation is 1. The van der Waals surface area contributed by atoms with E-state index in [1.807, 2.05) is 24.0 Å². The van der Waals surface area contributed by atoms with E-state index in [9.17, 15) is 9.18 Å². The lowest BCUT2D eigenvalue weighted by molar-refractivity contribution is -0.129. The van der Waals surface area contributed by atoms with Crippen LogP contribution in [0.3, 0.4) is 0 Å². The molecule has 0 aliphatic carbocycles. The van der Waals surface area contributed by atoms with Crippen LogP contribution >= 0.6 is 11.6 Å². The topological polar surface area (TPSA) is 36.4 Å². The summed E-state index contributed by atoms with van der Waals surface area (Å²) in [5.74, 6) is -0.317. The van der Waals surface area contributed by atoms with Gasteiger partial charge < -0.3 is 9.80 Å². The first-order chi connectivity index (χ1) is 13.4. The average Bonchev–Trinajstić information content (AvgIpc) is 2.70. The van der Waals surface area contributed by atoms with Crippen molar-refractivity contribution in [1.82, 2.24) is 9.88 Å². The lowest BCUT2D eigenvalue weighted by atomic mass is 10.0. The number of nitrogens with zero attached hydrogens (tertiary/aromatic N) is 3. The van der Waals surface area contributed by atoms with E-state index in [1.165, 1.54) is 6.07 Å². The quantitative estimate of drug-likeness (QED) is 0.630. The van der Waals surface area contributed by atoms with Crippen LogP contribution in [0.4, 0.5) is 10.1 Å². The fourth-order valence-electron chi connectivity index (χ4n) is 3.66. The van der Waals surface area contributed by atoms with E-state index in [-0.39, 0.29) is 10.9 Å². The SMILES string of the molecule is CC(=O)N1CCN(c2ccc3nc(-c4ccc(Cl)c(F)c4)cc(C)c3c2)CC1. The fourth-order valence-corrected chi connectivity index (χ4v) is 3.78. The molecule has 3 aromatic rings. The van der Waals surface area contributed by atoms with E-state index in [0.717, 1.165) is 54.0 Å². The molecule has 28 heavy (non-hydrogen) atoms. The molecule has 1 aliphatic heterocycles. The summed E-state index contributed by atoms with van der Waals surface area (Å²) < 4.78 is 13.8. The van der Waals surface area contributed by atoms with Gasteiger partial charge in [-0.2, -0.15) is 0 Å². The zero-order valence-electron chi connectivity index (χ0n) is 15.9. The third kappa shape index (κ3) is 3.54. The summed E-state index contributed by atoms with van der Waals surface area (Å²) in [6, 6.07) is 12.9. The van der Waals surface area contributed by atoms with Gasteiger partial charge in [-0.1, -0.05) is 17.7 Å². The van der Waals surface area contributed by atoms with Gasteiger partial charge in [0.25, 0.3) is 0 Å². The number of pyridine rings is 1. The summed E-state index contributed by atoms with van der Waals surface area (Å²) in [6.07, 6.45) is 0. The van der Waals surface area contributed by atoms with Gasteiger partial charge in [-0.25, -0.2) is 9.37 Å². The molecule has 4 rings (SSSR count). The number of anilines is 1. The highest BCUT2D eigenvalue weighted by atomic mass is 35.5. The van der Waals surface area contributed by atoms with Crippen LogP contribution in [-0.2, 0) is 4.79 Å². The number of fused-ring (bicyclic) bond motifs is 1. The highest BCUT2D eigenvalue weighted by Crippen LogP contribution is 2.29. The van der Waals surface area contributed by atoms with Crippen molar-refractivity contribution in [3.8, 4) is 11.3 Å². The summed E-state index contributed by atoms with van der Waals surface area (Å²) in [5, 5.41) is 1.18. The first-order valence-electron chi connectivity index (χ1n) is 9.29. The Morgan fingerprint density at radius 1 is 1.07 bits per heavy atom. The highest BCUT2D eigenvalue weighted by Gasteiger charge is 2.19. The molecule has 0 radical (unpaired) electrons. The van der Waals surface area contributed by atoms with Gasteiger partial charge in [0.1, 0.15) is 5.82 Å². The molecule has 1 saturated heterocycles. The maximum Gasteiger partial charge on any atom is 0.219 e. The number of halogens is 2. The van der Waals surface area contributed by atoms with Gasteiger partial charge in [0.15, 0.2) is 0 Å². The van der Waals surface area contributed by atoms with E-state index in [4.69, 9.17) is 16.6 Å². The monoisotopic (exact) mass is 397 g/mol. The molecule has 1 fully saturated rings. The average molecular weight is 398 g/mol. The second-order valence-corrected chi connectivity index (χ2v) is 7.56. The van der Waals surface area contributed by atoms with Gasteiger partial charge >= 0.3 is 0 Å². The van der Waals surface area contributed by atoms with Crippen molar-refractivity contribution >= 4 is 34.1 Å². The zero-order chi connectivity index (χ0) is 19.8. The number of benzene rings is 2. The molecule has 0 atom stereocenters. The summed E-state index contributed by atoms with van der Waals surface area (Å²) in [6.45, 7) is 6.78. The molecular formula is C22H21ClFN3O. The Hall–Kier alpha value is -2.66. The second kappa shape index (κ2) is 7.40. The van der Waals surface area contributed by atoms with E-state index >= 15 is 0 Å². The maximum atomic E-state index is 13.8. The highest BCUT2D eigenvalue weighted by molar-refractivity contribution is 6.30. The molecule has 0 bridgehead atoms. The number of rotatable bonds is 2. The third-order valence-electron chi connectivity index (χ3n) is 5.30. The van der Waals surface area contributed by atoms with Crippen LogP contribution in [0.2, 0.25) is 5.02 Å². The predicted molar refractivity (Wildman–Crippen MR) is 111 cm³/mol. The minimum Gasteiger partial charge on any atom is -0.368 e. The molecule has 1 aromatic heterocycles. The fraction of sp³-hybridized carbons (Fsp3) is 0.273. The van der Waals surface area contributed by atoms with Crippen LogP contribution in [0.25, 0.3) is 22.2 Å². The number of piperazine rings is 1. The van der Waals surface area contributed by atoms with Gasteiger partial charge in [0, 0.05) is 49.7 Å². The number of hydrogen-bond donors (Lipinski definition) is 0. The minimum atomic E-state index is -0.446. The molecule has 1 aliphatic rings. The lowest BCUT2D eigenvalue weighted by Crippen LogP contribution is -2.48. The van der Waals surface area contributed by atoms with Crippen molar-refractivity contribution in [2.75, 3.05) is 31.1 Å². The molecule has 2 aromatic carbocycles. The number of amides is 1. The Morgan fingerprint density at radius 3 is 2.50 bits per heavy atom. The lowest BCUT2D eigenvalue weighted by Gasteiger charge is -2.35. The molecule has 2 heterocycles. The van der Waals surface area contributed by atoms with Gasteiger partial charge in [-0.3, -0.25) is 4.79 Å². The molecule has 144 valence electrons. The first kappa shape index (κ1) is 18.7. The van der Waals surface area contributed by atoms with Crippen molar-refractivity contribution in [3.05, 3.63) is 58.9 Å². The van der Waals surface area contributed by atoms with Gasteiger partial charge in [0.05, 0.1) is 16.2 Å². The van der Waals surface area contributed by atoms with E-state index in [2.05, 4.69) is 17.0 Å². The summed E-state index contributed by atoms with van der Waals surface area (Å²) in [4.78, 5) is 20.4. The Bertz CT molecular complexity index is 1060. The van der Waals surface area contributed by atoms with Crippen molar-refractivity contribution in [2.24, 2.45) is 0 Å². The van der Waals surface area contributed by atoms with Crippen molar-refractivity contribution in [2.45, 2.75) is 13.8 Å². The van der Waals surface area contributed by atoms with Crippen LogP contribution < -0.4 is 4.90 Å². The predicted octanol–water partition coefficient (Wildman–Crippen LogP) is 4.67. The van der Waals surface area contributed by atoms with E-state index < -0.39 is 5.82 Å². The number of carbonyl (C=O) groups is 1. The summed E-state index contributed by atoms with van der Waals surface area (Å²) >= 11 is 5.79. The molecule has 1 amide bonds. The second-order valence-electron chi connectivity index (χ2n) is 7.15. The minimum absolute atomic E-state index is 0.107. The Balaban J connectivity index is 1.65. The summed E-state index contributed by atoms with van der Waals surface area (Å²) in [5.41, 5.74) is 4.52. The third-order valence-corrected chi connectivity index (χ3v) is 5.61. The standard InChI is InChI=1S/C22H21ClFN3O/c1-14-11-22(16-3-5-19(23)20(24)12-16)25-21-6-4-17(13-18(14)21)27-9-7-26(8-10-27)15(2)28/h3-6,11-13H,7-10H2,1-2H3. The van der Waals surface area contributed by atoms with Crippen LogP contribution in [0, 0.1) is 12.7 Å². The van der Waals surface area contributed by atoms with Crippen LogP contribution in [0.1, 0.15) is 12.5 Å². The van der Waals surface area contributed by atoms with Gasteiger partial charge in [-0.15, -0.1) is 0 Å². The molecule has 0 spiro atoms. The Labute approximate surface area is 168 Å². The Morgan fingerprint density at radius 2 is 1.82 bits per heavy atom. The molecular weight excluding hydrogens is 377 g/mol. The van der Waals surface area contributed by atoms with E-state index in [0.29, 0.717) is 5.56 Å². The molecule has 0 saturated carbocycles. The Kier molecular flexibility index (Phi) is 4.94. The zero-order valence-corrected chi connectivity index (χ0v) is 16.6. The number of carbonyl (C=O) groups excluding carboxylic acids is 1.